The van der Waals surface area contributed by atoms with Gasteiger partial charge in [0.05, 0.1) is 12.8 Å². The Morgan fingerprint density at radius 2 is 2.11 bits per heavy atom. The third-order valence-electron chi connectivity index (χ3n) is 2.67. The molecule has 96 valence electrons. The molecule has 0 saturated carbocycles. The van der Waals surface area contributed by atoms with E-state index in [9.17, 15) is 8.78 Å². The SMILES string of the molecule is CN(Cc1ccco1)c1ccc(N)cc1C(F)F. The maximum Gasteiger partial charge on any atom is 0.265 e. The van der Waals surface area contributed by atoms with E-state index in [1.165, 1.54) is 6.07 Å². The Kier molecular flexibility index (Phi) is 3.50. The lowest BCUT2D eigenvalue weighted by atomic mass is 10.1. The first-order valence-electron chi connectivity index (χ1n) is 5.49. The Morgan fingerprint density at radius 1 is 1.33 bits per heavy atom. The average Bonchev–Trinajstić information content (AvgIpc) is 2.81. The molecular weight excluding hydrogens is 238 g/mol. The molecule has 0 unspecified atom stereocenters. The lowest BCUT2D eigenvalue weighted by molar-refractivity contribution is 0.152. The topological polar surface area (TPSA) is 42.4 Å². The first kappa shape index (κ1) is 12.4. The summed E-state index contributed by atoms with van der Waals surface area (Å²) in [6.45, 7) is 0.427. The van der Waals surface area contributed by atoms with Crippen molar-refractivity contribution in [3.8, 4) is 0 Å². The number of halogens is 2. The van der Waals surface area contributed by atoms with Gasteiger partial charge in [-0.1, -0.05) is 0 Å². The van der Waals surface area contributed by atoms with E-state index >= 15 is 0 Å². The standard InChI is InChI=1S/C13H14F2N2O/c1-17(8-10-3-2-6-18-10)12-5-4-9(16)7-11(12)13(14)15/h2-7,13H,8,16H2,1H3. The van der Waals surface area contributed by atoms with Gasteiger partial charge in [0, 0.05) is 24.0 Å². The van der Waals surface area contributed by atoms with Gasteiger partial charge >= 0.3 is 0 Å². The van der Waals surface area contributed by atoms with Crippen molar-refractivity contribution in [1.82, 2.24) is 0 Å². The molecular formula is C13H14F2N2O. The summed E-state index contributed by atoms with van der Waals surface area (Å²) in [7, 11) is 1.74. The summed E-state index contributed by atoms with van der Waals surface area (Å²) in [5.74, 6) is 0.717. The smallest absolute Gasteiger partial charge is 0.265 e. The quantitative estimate of drug-likeness (QED) is 0.847. The highest BCUT2D eigenvalue weighted by molar-refractivity contribution is 5.59. The predicted molar refractivity (Wildman–Crippen MR) is 66.6 cm³/mol. The minimum atomic E-state index is -2.55. The van der Waals surface area contributed by atoms with Gasteiger partial charge in [-0.15, -0.1) is 0 Å². The molecule has 0 fully saturated rings. The first-order valence-corrected chi connectivity index (χ1v) is 5.49. The molecule has 1 aromatic carbocycles. The molecule has 0 spiro atoms. The molecule has 0 radical (unpaired) electrons. The second-order valence-electron chi connectivity index (χ2n) is 4.05. The Balaban J connectivity index is 2.26. The second kappa shape index (κ2) is 5.08. The first-order chi connectivity index (χ1) is 8.58. The molecule has 0 bridgehead atoms. The molecule has 0 aliphatic heterocycles. The van der Waals surface area contributed by atoms with Crippen LogP contribution in [-0.2, 0) is 6.54 Å². The predicted octanol–water partition coefficient (Wildman–Crippen LogP) is 3.44. The third-order valence-corrected chi connectivity index (χ3v) is 2.67. The Morgan fingerprint density at radius 3 is 2.72 bits per heavy atom. The van der Waals surface area contributed by atoms with Gasteiger partial charge in [0.1, 0.15) is 5.76 Å². The van der Waals surface area contributed by atoms with Crippen molar-refractivity contribution in [1.29, 1.82) is 0 Å². The highest BCUT2D eigenvalue weighted by Gasteiger charge is 2.16. The number of nitrogens with two attached hydrogens (primary N) is 1. The van der Waals surface area contributed by atoms with Gasteiger partial charge in [0.25, 0.3) is 6.43 Å². The largest absolute Gasteiger partial charge is 0.467 e. The van der Waals surface area contributed by atoms with Crippen LogP contribution in [-0.4, -0.2) is 7.05 Å². The molecule has 1 heterocycles. The van der Waals surface area contributed by atoms with E-state index in [0.717, 1.165) is 5.76 Å². The van der Waals surface area contributed by atoms with E-state index in [4.69, 9.17) is 10.2 Å². The third kappa shape index (κ3) is 2.61. The van der Waals surface area contributed by atoms with E-state index in [-0.39, 0.29) is 5.56 Å². The van der Waals surface area contributed by atoms with Crippen molar-refractivity contribution in [2.75, 3.05) is 17.7 Å². The van der Waals surface area contributed by atoms with Gasteiger partial charge in [-0.05, 0) is 30.3 Å². The summed E-state index contributed by atoms with van der Waals surface area (Å²) in [6.07, 6.45) is -0.997. The molecule has 3 nitrogen and oxygen atoms in total. The van der Waals surface area contributed by atoms with E-state index in [2.05, 4.69) is 0 Å². The van der Waals surface area contributed by atoms with Crippen molar-refractivity contribution in [3.05, 3.63) is 47.9 Å². The van der Waals surface area contributed by atoms with Crippen LogP contribution in [0.4, 0.5) is 20.2 Å². The number of benzene rings is 1. The number of nitrogens with zero attached hydrogens (tertiary/aromatic N) is 1. The number of hydrogen-bond donors (Lipinski definition) is 1. The molecule has 0 saturated heterocycles. The van der Waals surface area contributed by atoms with Crippen LogP contribution in [0.15, 0.2) is 41.0 Å². The normalized spacial score (nSPS) is 10.9. The number of hydrogen-bond acceptors (Lipinski definition) is 3. The molecule has 2 aromatic rings. The zero-order chi connectivity index (χ0) is 13.1. The van der Waals surface area contributed by atoms with Crippen molar-refractivity contribution in [2.45, 2.75) is 13.0 Å². The average molecular weight is 252 g/mol. The Labute approximate surface area is 104 Å². The van der Waals surface area contributed by atoms with E-state index in [1.54, 1.807) is 42.5 Å². The molecule has 1 aromatic heterocycles. The van der Waals surface area contributed by atoms with Crippen LogP contribution in [0.2, 0.25) is 0 Å². The number of furan rings is 1. The van der Waals surface area contributed by atoms with E-state index < -0.39 is 6.43 Å². The summed E-state index contributed by atoms with van der Waals surface area (Å²) in [6, 6.07) is 8.08. The van der Waals surface area contributed by atoms with Gasteiger partial charge in [0.2, 0.25) is 0 Å². The molecule has 0 aliphatic carbocycles. The van der Waals surface area contributed by atoms with Crippen molar-refractivity contribution in [2.24, 2.45) is 0 Å². The number of anilines is 2. The fourth-order valence-electron chi connectivity index (χ4n) is 1.82. The maximum absolute atomic E-state index is 12.9. The molecule has 2 N–H and O–H groups in total. The Bertz CT molecular complexity index is 512. The van der Waals surface area contributed by atoms with Crippen LogP contribution >= 0.6 is 0 Å². The van der Waals surface area contributed by atoms with Gasteiger partial charge in [-0.25, -0.2) is 8.78 Å². The summed E-state index contributed by atoms with van der Waals surface area (Å²) >= 11 is 0. The number of alkyl halides is 2. The fraction of sp³-hybridized carbons (Fsp3) is 0.231. The van der Waals surface area contributed by atoms with Crippen molar-refractivity contribution < 1.29 is 13.2 Å². The summed E-state index contributed by atoms with van der Waals surface area (Å²) in [5, 5.41) is 0. The zero-order valence-corrected chi connectivity index (χ0v) is 9.94. The number of rotatable bonds is 4. The molecule has 18 heavy (non-hydrogen) atoms. The maximum atomic E-state index is 12.9. The van der Waals surface area contributed by atoms with E-state index in [0.29, 0.717) is 17.9 Å². The van der Waals surface area contributed by atoms with Crippen LogP contribution in [0.1, 0.15) is 17.7 Å². The molecule has 5 heteroatoms. The zero-order valence-electron chi connectivity index (χ0n) is 9.94. The summed E-state index contributed by atoms with van der Waals surface area (Å²) in [5.41, 5.74) is 6.25. The van der Waals surface area contributed by atoms with Crippen LogP contribution in [0.5, 0.6) is 0 Å². The minimum absolute atomic E-state index is 0.0657. The van der Waals surface area contributed by atoms with E-state index in [1.807, 2.05) is 0 Å². The van der Waals surface area contributed by atoms with Crippen LogP contribution < -0.4 is 10.6 Å². The second-order valence-corrected chi connectivity index (χ2v) is 4.05. The molecule has 0 aliphatic rings. The Hall–Kier alpha value is -2.04. The van der Waals surface area contributed by atoms with Gasteiger partial charge in [-0.3, -0.25) is 0 Å². The van der Waals surface area contributed by atoms with Crippen LogP contribution in [0.25, 0.3) is 0 Å². The lowest BCUT2D eigenvalue weighted by Crippen LogP contribution is -2.18. The highest BCUT2D eigenvalue weighted by atomic mass is 19.3. The van der Waals surface area contributed by atoms with Crippen LogP contribution in [0.3, 0.4) is 0 Å². The number of nitrogen functional groups attached to an aromatic ring is 1. The monoisotopic (exact) mass is 252 g/mol. The fourth-order valence-corrected chi connectivity index (χ4v) is 1.82. The molecule has 0 amide bonds. The van der Waals surface area contributed by atoms with Gasteiger partial charge < -0.3 is 15.1 Å². The molecule has 2 rings (SSSR count). The van der Waals surface area contributed by atoms with Crippen molar-refractivity contribution >= 4 is 11.4 Å². The summed E-state index contributed by atoms with van der Waals surface area (Å²) in [4.78, 5) is 1.71. The van der Waals surface area contributed by atoms with Gasteiger partial charge in [0.15, 0.2) is 0 Å². The molecule has 0 atom stereocenters. The van der Waals surface area contributed by atoms with Gasteiger partial charge in [-0.2, -0.15) is 0 Å². The van der Waals surface area contributed by atoms with Crippen LogP contribution in [0, 0.1) is 0 Å². The lowest BCUT2D eigenvalue weighted by Gasteiger charge is -2.21. The minimum Gasteiger partial charge on any atom is -0.467 e. The highest BCUT2D eigenvalue weighted by Crippen LogP contribution is 2.31. The summed E-state index contributed by atoms with van der Waals surface area (Å²) < 4.78 is 31.1. The van der Waals surface area contributed by atoms with Crippen molar-refractivity contribution in [3.63, 3.8) is 0 Å².